The number of hydrogen-bond donors (Lipinski definition) is 0. The van der Waals surface area contributed by atoms with Crippen molar-refractivity contribution in [3.8, 4) is 0 Å². The third-order valence-corrected chi connectivity index (χ3v) is 9.33. The second kappa shape index (κ2) is 11.3. The molecule has 2 aromatic rings. The highest BCUT2D eigenvalue weighted by Gasteiger charge is 2.32. The molecule has 6 heteroatoms. The molecule has 1 saturated carbocycles. The van der Waals surface area contributed by atoms with E-state index in [2.05, 4.69) is 53.6 Å². The number of nitrogens with zero attached hydrogens (tertiary/aromatic N) is 3. The van der Waals surface area contributed by atoms with Crippen molar-refractivity contribution in [2.75, 3.05) is 32.7 Å². The van der Waals surface area contributed by atoms with Crippen molar-refractivity contribution in [1.82, 2.24) is 14.7 Å². The summed E-state index contributed by atoms with van der Waals surface area (Å²) in [4.78, 5) is 34.0. The van der Waals surface area contributed by atoms with Crippen molar-refractivity contribution in [2.24, 2.45) is 5.92 Å². The Labute approximate surface area is 214 Å². The van der Waals surface area contributed by atoms with Crippen molar-refractivity contribution < 1.29 is 9.59 Å². The molecule has 0 spiro atoms. The number of carbonyl (C=O) groups is 2. The van der Waals surface area contributed by atoms with Crippen LogP contribution in [0.1, 0.15) is 73.9 Å². The Kier molecular flexibility index (Phi) is 7.88. The molecule has 5 nitrogen and oxygen atoms in total. The molecule has 1 saturated heterocycles. The predicted molar refractivity (Wildman–Crippen MR) is 141 cm³/mol. The van der Waals surface area contributed by atoms with Gasteiger partial charge < -0.3 is 9.80 Å². The second-order valence-electron chi connectivity index (χ2n) is 10.6. The number of carbonyl (C=O) groups excluding carboxylic acids is 2. The van der Waals surface area contributed by atoms with Crippen LogP contribution in [0.15, 0.2) is 41.8 Å². The van der Waals surface area contributed by atoms with Crippen LogP contribution >= 0.6 is 11.3 Å². The normalized spacial score (nSPS) is 23.5. The fourth-order valence-electron chi connectivity index (χ4n) is 6.36. The quantitative estimate of drug-likeness (QED) is 0.538. The zero-order chi connectivity index (χ0) is 24.2. The number of benzene rings is 1. The van der Waals surface area contributed by atoms with Crippen LogP contribution in [0, 0.1) is 5.92 Å². The first kappa shape index (κ1) is 24.5. The number of fused-ring (bicyclic) bond motifs is 1. The molecule has 0 radical (unpaired) electrons. The van der Waals surface area contributed by atoms with Crippen molar-refractivity contribution in [1.29, 1.82) is 0 Å². The molecule has 1 aliphatic carbocycles. The van der Waals surface area contributed by atoms with Crippen molar-refractivity contribution in [2.45, 2.75) is 70.4 Å². The van der Waals surface area contributed by atoms with Gasteiger partial charge in [-0.25, -0.2) is 0 Å². The highest BCUT2D eigenvalue weighted by molar-refractivity contribution is 7.10. The molecule has 2 fully saturated rings. The minimum Gasteiger partial charge on any atom is -0.339 e. The van der Waals surface area contributed by atoms with Crippen LogP contribution in [0.5, 0.6) is 0 Å². The summed E-state index contributed by atoms with van der Waals surface area (Å²) in [5.74, 6) is 1.25. The Morgan fingerprint density at radius 1 is 0.971 bits per heavy atom. The molecule has 0 N–H and O–H groups in total. The van der Waals surface area contributed by atoms with E-state index in [-0.39, 0.29) is 23.9 Å². The van der Waals surface area contributed by atoms with Crippen LogP contribution in [0.4, 0.5) is 0 Å². The van der Waals surface area contributed by atoms with Crippen LogP contribution in [-0.2, 0) is 16.0 Å². The van der Waals surface area contributed by atoms with Crippen molar-refractivity contribution in [3.05, 3.63) is 57.8 Å². The molecule has 0 bridgehead atoms. The highest BCUT2D eigenvalue weighted by Crippen LogP contribution is 2.37. The van der Waals surface area contributed by atoms with Crippen LogP contribution in [-0.4, -0.2) is 65.3 Å². The monoisotopic (exact) mass is 493 g/mol. The predicted octanol–water partition coefficient (Wildman–Crippen LogP) is 5.12. The summed E-state index contributed by atoms with van der Waals surface area (Å²) < 4.78 is 0. The van der Waals surface area contributed by atoms with Gasteiger partial charge in [-0.2, -0.15) is 0 Å². The lowest BCUT2D eigenvalue weighted by Crippen LogP contribution is -2.55. The molecule has 3 heterocycles. The maximum atomic E-state index is 13.2. The molecule has 188 valence electrons. The van der Waals surface area contributed by atoms with Gasteiger partial charge in [0.25, 0.3) is 0 Å². The number of piperazine rings is 1. The third kappa shape index (κ3) is 5.64. The zero-order valence-electron chi connectivity index (χ0n) is 21.0. The molecule has 3 aliphatic rings. The largest absolute Gasteiger partial charge is 0.339 e. The van der Waals surface area contributed by atoms with E-state index in [0.29, 0.717) is 32.5 Å². The van der Waals surface area contributed by atoms with Crippen molar-refractivity contribution >= 4 is 23.2 Å². The Hall–Kier alpha value is -2.18. The second-order valence-corrected chi connectivity index (χ2v) is 11.6. The zero-order valence-corrected chi connectivity index (χ0v) is 21.8. The summed E-state index contributed by atoms with van der Waals surface area (Å²) in [5, 5.41) is 2.20. The van der Waals surface area contributed by atoms with Crippen LogP contribution < -0.4 is 0 Å². The summed E-state index contributed by atoms with van der Waals surface area (Å²) >= 11 is 1.85. The van der Waals surface area contributed by atoms with E-state index in [1.165, 1.54) is 41.7 Å². The fraction of sp³-hybridized carbons (Fsp3) is 0.586. The van der Waals surface area contributed by atoms with E-state index >= 15 is 0 Å². The Balaban J connectivity index is 1.14. The number of rotatable bonds is 7. The van der Waals surface area contributed by atoms with E-state index in [9.17, 15) is 9.59 Å². The Morgan fingerprint density at radius 2 is 1.77 bits per heavy atom. The van der Waals surface area contributed by atoms with Gasteiger partial charge in [-0.05, 0) is 48.3 Å². The first-order valence-electron chi connectivity index (χ1n) is 13.5. The van der Waals surface area contributed by atoms with Gasteiger partial charge in [0.2, 0.25) is 11.8 Å². The molecule has 2 aliphatic heterocycles. The average Bonchev–Trinajstić information content (AvgIpc) is 3.58. The molecule has 2 amide bonds. The van der Waals surface area contributed by atoms with Gasteiger partial charge in [-0.15, -0.1) is 11.3 Å². The standard InChI is InChI=1S/C29H39N3O2S/c1-22-21-31(18-19-32(22)28(34)12-11-23-7-5-6-8-23)27(33)14-17-30-16-13-26-25(15-20-35-26)29(30)24-9-3-2-4-10-24/h2-4,9-10,15,20,22-23,29H,5-8,11-14,16-19,21H2,1H3. The first-order chi connectivity index (χ1) is 17.1. The maximum Gasteiger partial charge on any atom is 0.223 e. The van der Waals surface area contributed by atoms with E-state index in [1.54, 1.807) is 0 Å². The van der Waals surface area contributed by atoms with Crippen LogP contribution in [0.3, 0.4) is 0 Å². The minimum absolute atomic E-state index is 0.101. The van der Waals surface area contributed by atoms with Crippen molar-refractivity contribution in [3.63, 3.8) is 0 Å². The molecule has 2 atom stereocenters. The summed E-state index contributed by atoms with van der Waals surface area (Å²) in [5.41, 5.74) is 2.70. The fourth-order valence-corrected chi connectivity index (χ4v) is 7.26. The number of thiophene rings is 1. The van der Waals surface area contributed by atoms with E-state index in [0.717, 1.165) is 31.8 Å². The van der Waals surface area contributed by atoms with Gasteiger partial charge in [0.15, 0.2) is 0 Å². The molecule has 5 rings (SSSR count). The SMILES string of the molecule is CC1CN(C(=O)CCN2CCc3sccc3C2c2ccccc2)CCN1C(=O)CCC1CCCC1. The van der Waals surface area contributed by atoms with E-state index < -0.39 is 0 Å². The summed E-state index contributed by atoms with van der Waals surface area (Å²) in [6, 6.07) is 13.3. The number of hydrogen-bond acceptors (Lipinski definition) is 4. The molecule has 35 heavy (non-hydrogen) atoms. The van der Waals surface area contributed by atoms with Gasteiger partial charge in [-0.3, -0.25) is 14.5 Å². The topological polar surface area (TPSA) is 43.9 Å². The smallest absolute Gasteiger partial charge is 0.223 e. The van der Waals surface area contributed by atoms with Crippen LogP contribution in [0.2, 0.25) is 0 Å². The number of amides is 2. The van der Waals surface area contributed by atoms with Gasteiger partial charge in [0.1, 0.15) is 0 Å². The average molecular weight is 494 g/mol. The van der Waals surface area contributed by atoms with E-state index in [1.807, 2.05) is 21.1 Å². The molecular weight excluding hydrogens is 454 g/mol. The lowest BCUT2D eigenvalue weighted by molar-refractivity contribution is -0.142. The first-order valence-corrected chi connectivity index (χ1v) is 14.4. The minimum atomic E-state index is 0.101. The Morgan fingerprint density at radius 3 is 2.54 bits per heavy atom. The molecule has 1 aromatic heterocycles. The van der Waals surface area contributed by atoms with Gasteiger partial charge in [0.05, 0.1) is 6.04 Å². The Bertz CT molecular complexity index is 1000. The summed E-state index contributed by atoms with van der Waals surface area (Å²) in [7, 11) is 0. The van der Waals surface area contributed by atoms with Gasteiger partial charge >= 0.3 is 0 Å². The summed E-state index contributed by atoms with van der Waals surface area (Å²) in [6.07, 6.45) is 8.54. The maximum absolute atomic E-state index is 13.2. The van der Waals surface area contributed by atoms with Gasteiger partial charge in [-0.1, -0.05) is 56.0 Å². The van der Waals surface area contributed by atoms with E-state index in [4.69, 9.17) is 0 Å². The highest BCUT2D eigenvalue weighted by atomic mass is 32.1. The molecule has 1 aromatic carbocycles. The lowest BCUT2D eigenvalue weighted by Gasteiger charge is -2.41. The van der Waals surface area contributed by atoms with Crippen LogP contribution in [0.25, 0.3) is 0 Å². The lowest BCUT2D eigenvalue weighted by atomic mass is 9.93. The molecular formula is C29H39N3O2S. The van der Waals surface area contributed by atoms with Gasteiger partial charge in [0, 0.05) is 56.5 Å². The third-order valence-electron chi connectivity index (χ3n) is 8.34. The summed E-state index contributed by atoms with van der Waals surface area (Å²) in [6.45, 7) is 5.84. The molecule has 2 unspecified atom stereocenters.